The van der Waals surface area contributed by atoms with Crippen molar-refractivity contribution >= 4 is 11.3 Å². The number of hydrogen-bond donors (Lipinski definition) is 2. The largest absolute Gasteiger partial charge is 0.392 e. The molecule has 2 aromatic heterocycles. The maximum Gasteiger partial charge on any atom is 0.243 e. The number of aliphatic hydroxyl groups excluding tert-OH is 1. The zero-order chi connectivity index (χ0) is 11.7. The van der Waals surface area contributed by atoms with E-state index in [2.05, 4.69) is 21.5 Å². The Bertz CT molecular complexity index is 483. The molecule has 0 unspecified atom stereocenters. The predicted molar refractivity (Wildman–Crippen MR) is 62.8 cm³/mol. The third kappa shape index (κ3) is 2.38. The molecule has 0 aromatic carbocycles. The minimum Gasteiger partial charge on any atom is -0.392 e. The molecule has 3 rings (SSSR count). The van der Waals surface area contributed by atoms with Gasteiger partial charge < -0.3 is 14.9 Å². The number of thiophene rings is 1. The van der Waals surface area contributed by atoms with E-state index in [9.17, 15) is 5.11 Å². The summed E-state index contributed by atoms with van der Waals surface area (Å²) in [7, 11) is 0. The van der Waals surface area contributed by atoms with Crippen molar-refractivity contribution in [2.45, 2.75) is 25.0 Å². The summed E-state index contributed by atoms with van der Waals surface area (Å²) in [5.41, 5.74) is 0. The topological polar surface area (TPSA) is 71.2 Å². The lowest BCUT2D eigenvalue weighted by Crippen LogP contribution is -2.15. The summed E-state index contributed by atoms with van der Waals surface area (Å²) < 4.78 is 5.22. The molecule has 2 N–H and O–H groups in total. The van der Waals surface area contributed by atoms with Gasteiger partial charge in [-0.15, -0.1) is 11.3 Å². The second kappa shape index (κ2) is 4.56. The second-order valence-corrected chi connectivity index (χ2v) is 5.19. The van der Waals surface area contributed by atoms with Gasteiger partial charge in [-0.3, -0.25) is 0 Å². The molecule has 1 saturated heterocycles. The van der Waals surface area contributed by atoms with Crippen LogP contribution in [-0.2, 0) is 6.42 Å². The molecule has 0 radical (unpaired) electrons. The van der Waals surface area contributed by atoms with Crippen LogP contribution in [0.25, 0.3) is 0 Å². The fraction of sp³-hybridized carbons (Fsp3) is 0.455. The molecule has 0 aliphatic carbocycles. The predicted octanol–water partition coefficient (Wildman–Crippen LogP) is 1.12. The normalized spacial score (nSPS) is 24.3. The summed E-state index contributed by atoms with van der Waals surface area (Å²) in [6.07, 6.45) is 1.03. The van der Waals surface area contributed by atoms with Crippen LogP contribution in [0.5, 0.6) is 0 Å². The number of hydrogen-bond acceptors (Lipinski definition) is 6. The third-order valence-electron chi connectivity index (χ3n) is 2.80. The van der Waals surface area contributed by atoms with Gasteiger partial charge in [0.05, 0.1) is 12.1 Å². The molecule has 0 amide bonds. The minimum atomic E-state index is -0.312. The molecule has 2 aromatic rings. The molecule has 0 saturated carbocycles. The molecule has 1 aliphatic heterocycles. The number of nitrogens with zero attached hydrogens (tertiary/aromatic N) is 2. The summed E-state index contributed by atoms with van der Waals surface area (Å²) in [4.78, 5) is 5.58. The first-order valence-corrected chi connectivity index (χ1v) is 6.45. The number of aliphatic hydroxyl groups is 1. The molecule has 3 heterocycles. The Morgan fingerprint density at radius 3 is 3.24 bits per heavy atom. The Hall–Kier alpha value is -1.24. The van der Waals surface area contributed by atoms with Gasteiger partial charge in [0.1, 0.15) is 0 Å². The lowest BCUT2D eigenvalue weighted by molar-refractivity contribution is 0.191. The molecule has 0 bridgehead atoms. The van der Waals surface area contributed by atoms with Gasteiger partial charge >= 0.3 is 0 Å². The number of rotatable bonds is 3. The SMILES string of the molecule is O[C@@H]1CN[C@@H](c2nc(Cc3cccs3)no2)C1. The first-order chi connectivity index (χ1) is 8.31. The average Bonchev–Trinajstić information content (AvgIpc) is 2.99. The number of aromatic nitrogens is 2. The summed E-state index contributed by atoms with van der Waals surface area (Å²) in [5.74, 6) is 1.28. The van der Waals surface area contributed by atoms with E-state index in [1.807, 2.05) is 11.4 Å². The summed E-state index contributed by atoms with van der Waals surface area (Å²) >= 11 is 1.68. The van der Waals surface area contributed by atoms with Crippen molar-refractivity contribution in [3.63, 3.8) is 0 Å². The van der Waals surface area contributed by atoms with Crippen LogP contribution >= 0.6 is 11.3 Å². The third-order valence-corrected chi connectivity index (χ3v) is 3.68. The van der Waals surface area contributed by atoms with Crippen LogP contribution in [0.1, 0.15) is 29.1 Å². The van der Waals surface area contributed by atoms with Gasteiger partial charge in [0.2, 0.25) is 5.89 Å². The van der Waals surface area contributed by atoms with Gasteiger partial charge in [-0.1, -0.05) is 11.2 Å². The molecule has 6 heteroatoms. The van der Waals surface area contributed by atoms with Crippen molar-refractivity contribution in [2.24, 2.45) is 0 Å². The summed E-state index contributed by atoms with van der Waals surface area (Å²) in [6, 6.07) is 4.06. The molecule has 90 valence electrons. The smallest absolute Gasteiger partial charge is 0.243 e. The second-order valence-electron chi connectivity index (χ2n) is 4.16. The van der Waals surface area contributed by atoms with E-state index in [4.69, 9.17) is 4.52 Å². The fourth-order valence-electron chi connectivity index (χ4n) is 1.95. The molecule has 1 fully saturated rings. The quantitative estimate of drug-likeness (QED) is 0.855. The Morgan fingerprint density at radius 1 is 1.59 bits per heavy atom. The Balaban J connectivity index is 1.70. The highest BCUT2D eigenvalue weighted by Crippen LogP contribution is 2.22. The number of β-amino-alcohol motifs (C(OH)–C–C–N with tert-alkyl or cyclic N) is 1. The average molecular weight is 251 g/mol. The molecule has 17 heavy (non-hydrogen) atoms. The Morgan fingerprint density at radius 2 is 2.53 bits per heavy atom. The van der Waals surface area contributed by atoms with E-state index in [0.717, 1.165) is 0 Å². The minimum absolute atomic E-state index is 0.00501. The molecular weight excluding hydrogens is 238 g/mol. The maximum absolute atomic E-state index is 9.42. The van der Waals surface area contributed by atoms with Crippen LogP contribution < -0.4 is 5.32 Å². The highest BCUT2D eigenvalue weighted by Gasteiger charge is 2.28. The highest BCUT2D eigenvalue weighted by molar-refractivity contribution is 7.09. The van der Waals surface area contributed by atoms with E-state index in [-0.39, 0.29) is 12.1 Å². The van der Waals surface area contributed by atoms with Gasteiger partial charge in [-0.2, -0.15) is 4.98 Å². The van der Waals surface area contributed by atoms with Gasteiger partial charge in [0, 0.05) is 17.8 Å². The molecule has 2 atom stereocenters. The number of nitrogens with one attached hydrogen (secondary N) is 1. The molecule has 1 aliphatic rings. The first-order valence-electron chi connectivity index (χ1n) is 5.57. The van der Waals surface area contributed by atoms with E-state index < -0.39 is 0 Å². The summed E-state index contributed by atoms with van der Waals surface area (Å²) in [5, 5.41) is 18.6. The van der Waals surface area contributed by atoms with Crippen molar-refractivity contribution < 1.29 is 9.63 Å². The van der Waals surface area contributed by atoms with Crippen molar-refractivity contribution in [3.05, 3.63) is 34.1 Å². The van der Waals surface area contributed by atoms with Crippen LogP contribution in [0.15, 0.2) is 22.0 Å². The van der Waals surface area contributed by atoms with Crippen molar-refractivity contribution in [1.82, 2.24) is 15.5 Å². The van der Waals surface area contributed by atoms with E-state index in [1.54, 1.807) is 11.3 Å². The van der Waals surface area contributed by atoms with Gasteiger partial charge in [0.25, 0.3) is 0 Å². The first kappa shape index (κ1) is 10.9. The van der Waals surface area contributed by atoms with Gasteiger partial charge in [-0.05, 0) is 17.9 Å². The van der Waals surface area contributed by atoms with Crippen LogP contribution in [0, 0.1) is 0 Å². The maximum atomic E-state index is 9.42. The monoisotopic (exact) mass is 251 g/mol. The molecular formula is C11H13N3O2S. The zero-order valence-corrected chi connectivity index (χ0v) is 9.98. The fourth-order valence-corrected chi connectivity index (χ4v) is 2.66. The summed E-state index contributed by atoms with van der Waals surface area (Å²) in [6.45, 7) is 0.591. The van der Waals surface area contributed by atoms with Gasteiger partial charge in [0.15, 0.2) is 5.82 Å². The highest BCUT2D eigenvalue weighted by atomic mass is 32.1. The van der Waals surface area contributed by atoms with E-state index in [0.29, 0.717) is 31.1 Å². The van der Waals surface area contributed by atoms with Crippen molar-refractivity contribution in [1.29, 1.82) is 0 Å². The van der Waals surface area contributed by atoms with Crippen LogP contribution in [0.4, 0.5) is 0 Å². The lowest BCUT2D eigenvalue weighted by Gasteiger charge is -2.01. The van der Waals surface area contributed by atoms with Gasteiger partial charge in [-0.25, -0.2) is 0 Å². The van der Waals surface area contributed by atoms with Crippen molar-refractivity contribution in [2.75, 3.05) is 6.54 Å². The Labute approximate surface area is 102 Å². The zero-order valence-electron chi connectivity index (χ0n) is 9.17. The van der Waals surface area contributed by atoms with E-state index >= 15 is 0 Å². The van der Waals surface area contributed by atoms with Crippen LogP contribution in [0.2, 0.25) is 0 Å². The Kier molecular flexibility index (Phi) is 2.92. The molecule has 5 nitrogen and oxygen atoms in total. The lowest BCUT2D eigenvalue weighted by atomic mass is 10.2. The van der Waals surface area contributed by atoms with Crippen LogP contribution in [0.3, 0.4) is 0 Å². The standard InChI is InChI=1S/C11H13N3O2S/c15-7-4-9(12-6-7)11-13-10(14-16-11)5-8-2-1-3-17-8/h1-3,7,9,12,15H,4-6H2/t7-,9+/m0/s1. The van der Waals surface area contributed by atoms with Crippen molar-refractivity contribution in [3.8, 4) is 0 Å². The van der Waals surface area contributed by atoms with E-state index in [1.165, 1.54) is 4.88 Å². The van der Waals surface area contributed by atoms with Crippen LogP contribution in [-0.4, -0.2) is 27.9 Å². The molecule has 0 spiro atoms.